The number of benzene rings is 1. The van der Waals surface area contributed by atoms with Crippen molar-refractivity contribution >= 4 is 17.6 Å². The Balaban J connectivity index is 1.64. The van der Waals surface area contributed by atoms with Gasteiger partial charge < -0.3 is 9.84 Å². The van der Waals surface area contributed by atoms with Gasteiger partial charge in [-0.1, -0.05) is 18.2 Å². The number of methoxy groups -OCH3 is 1. The van der Waals surface area contributed by atoms with Crippen LogP contribution in [-0.4, -0.2) is 59.8 Å². The second kappa shape index (κ2) is 4.46. The van der Waals surface area contributed by atoms with Crippen LogP contribution in [-0.2, 0) is 14.9 Å². The molecule has 6 bridgehead atoms. The lowest BCUT2D eigenvalue weighted by atomic mass is 9.31. The summed E-state index contributed by atoms with van der Waals surface area (Å²) in [7, 11) is 1.41. The van der Waals surface area contributed by atoms with Crippen LogP contribution in [0.15, 0.2) is 24.3 Å². The third-order valence-corrected chi connectivity index (χ3v) is 9.50. The van der Waals surface area contributed by atoms with Crippen LogP contribution < -0.4 is 4.90 Å². The molecule has 1 N–H and O–H groups in total. The fraction of sp³-hybridized carbons (Fsp3) is 0.636. The highest BCUT2D eigenvalue weighted by Crippen LogP contribution is 2.80. The van der Waals surface area contributed by atoms with E-state index in [1.807, 2.05) is 18.2 Å². The minimum Gasteiger partial charge on any atom is -0.452 e. The van der Waals surface area contributed by atoms with Crippen molar-refractivity contribution in [2.75, 3.05) is 25.1 Å². The summed E-state index contributed by atoms with van der Waals surface area (Å²) in [5.41, 5.74) is 0.474. The average Bonchev–Trinajstić information content (AvgIpc) is 3.19. The number of ketones is 1. The van der Waals surface area contributed by atoms with Crippen molar-refractivity contribution in [3.8, 4) is 0 Å². The Morgan fingerprint density at radius 1 is 1.25 bits per heavy atom. The van der Waals surface area contributed by atoms with E-state index in [0.29, 0.717) is 0 Å². The Morgan fingerprint density at radius 2 is 2.07 bits per heavy atom. The Hall–Kier alpha value is -1.92. The van der Waals surface area contributed by atoms with Crippen LogP contribution in [0.3, 0.4) is 0 Å². The van der Waals surface area contributed by atoms with Crippen molar-refractivity contribution in [1.29, 1.82) is 0 Å². The lowest BCUT2D eigenvalue weighted by Crippen LogP contribution is -2.88. The number of aliphatic hydroxyl groups excluding tert-OH is 1. The highest BCUT2D eigenvalue weighted by Gasteiger charge is 2.90. The highest BCUT2D eigenvalue weighted by molar-refractivity contribution is 6.01. The maximum atomic E-state index is 13.8. The molecule has 8 aliphatic rings. The third-order valence-electron chi connectivity index (χ3n) is 9.50. The van der Waals surface area contributed by atoms with Gasteiger partial charge in [-0.05, 0) is 49.3 Å². The van der Waals surface area contributed by atoms with E-state index in [2.05, 4.69) is 11.0 Å². The molecule has 1 aromatic carbocycles. The molecule has 1 aromatic rings. The minimum atomic E-state index is -0.828. The summed E-state index contributed by atoms with van der Waals surface area (Å²) in [6.45, 7) is 1.77. The molecule has 7 atom stereocenters. The zero-order valence-electron chi connectivity index (χ0n) is 15.9. The summed E-state index contributed by atoms with van der Waals surface area (Å²) in [5, 5.41) is 11.8. The summed E-state index contributed by atoms with van der Waals surface area (Å²) in [6.07, 6.45) is 2.49. The number of fused-ring (bicyclic) bond motifs is 2. The maximum absolute atomic E-state index is 13.8. The standard InChI is InChI=1S/C22H24N2O4/c1-28-19(27)24-14-6-3-2-5-12(14)22-13-11-23-10-4-7-20(18(22)23)8-9-21(22,24)17(26)15(20)16(13)25/h2-3,5-6,13,15,17-18,26H,4,7-11H2,1H3/t13-,15+,17-,18+,20-,21-,22+/m1/s1. The Kier molecular flexibility index (Phi) is 2.54. The number of amides is 1. The molecule has 3 heterocycles. The Bertz CT molecular complexity index is 964. The van der Waals surface area contributed by atoms with E-state index in [9.17, 15) is 14.7 Å². The summed E-state index contributed by atoms with van der Waals surface area (Å²) >= 11 is 0. The molecule has 6 nitrogen and oxygen atoms in total. The minimum absolute atomic E-state index is 0.145. The molecule has 3 aliphatic heterocycles. The normalized spacial score (nSPS) is 49.4. The Labute approximate surface area is 163 Å². The summed E-state index contributed by atoms with van der Waals surface area (Å²) < 4.78 is 5.22. The van der Waals surface area contributed by atoms with Crippen LogP contribution in [0.4, 0.5) is 10.5 Å². The van der Waals surface area contributed by atoms with Gasteiger partial charge in [-0.15, -0.1) is 0 Å². The molecule has 5 saturated carbocycles. The quantitative estimate of drug-likeness (QED) is 0.742. The molecule has 5 aliphatic carbocycles. The maximum Gasteiger partial charge on any atom is 0.414 e. The molecular formula is C22H24N2O4. The summed E-state index contributed by atoms with van der Waals surface area (Å²) in [4.78, 5) is 31.1. The van der Waals surface area contributed by atoms with Crippen LogP contribution in [0, 0.1) is 17.3 Å². The largest absolute Gasteiger partial charge is 0.452 e. The van der Waals surface area contributed by atoms with Crippen molar-refractivity contribution in [2.24, 2.45) is 17.3 Å². The van der Waals surface area contributed by atoms with Crippen LogP contribution in [0.25, 0.3) is 0 Å². The number of anilines is 1. The Morgan fingerprint density at radius 3 is 2.89 bits per heavy atom. The zero-order chi connectivity index (χ0) is 19.1. The SMILES string of the molecule is COC(=O)N1c2ccccc2[C@@]23[C@@H]4CN5CCC[C@]6(CC[C@]12[C@H](O)[C@@H]6C4=O)[C@H]53. The number of para-hydroxylation sites is 1. The summed E-state index contributed by atoms with van der Waals surface area (Å²) in [6, 6.07) is 8.24. The van der Waals surface area contributed by atoms with Gasteiger partial charge in [0, 0.05) is 18.5 Å². The van der Waals surface area contributed by atoms with Gasteiger partial charge in [0.2, 0.25) is 0 Å². The molecule has 146 valence electrons. The van der Waals surface area contributed by atoms with Crippen molar-refractivity contribution in [1.82, 2.24) is 4.90 Å². The fourth-order valence-electron chi connectivity index (χ4n) is 9.20. The number of ether oxygens (including phenoxy) is 1. The van der Waals surface area contributed by atoms with Crippen molar-refractivity contribution in [3.05, 3.63) is 29.8 Å². The first-order valence-corrected chi connectivity index (χ1v) is 10.5. The van der Waals surface area contributed by atoms with Gasteiger partial charge in [0.15, 0.2) is 0 Å². The molecule has 0 aromatic heterocycles. The molecule has 0 radical (unpaired) electrons. The van der Waals surface area contributed by atoms with Crippen molar-refractivity contribution in [2.45, 2.75) is 48.8 Å². The van der Waals surface area contributed by atoms with Crippen LogP contribution in [0.1, 0.15) is 31.2 Å². The number of aliphatic hydroxyl groups is 1. The lowest BCUT2D eigenvalue weighted by molar-refractivity contribution is -0.229. The van der Waals surface area contributed by atoms with Gasteiger partial charge in [0.25, 0.3) is 0 Å². The number of piperidine rings is 1. The lowest BCUT2D eigenvalue weighted by Gasteiger charge is -2.75. The number of rotatable bonds is 0. The second-order valence-electron chi connectivity index (χ2n) is 9.73. The highest BCUT2D eigenvalue weighted by atomic mass is 16.5. The first kappa shape index (κ1) is 15.9. The van der Waals surface area contributed by atoms with E-state index in [-0.39, 0.29) is 29.1 Å². The number of Topliss-reactive ketones (excluding diaryl/α,β-unsaturated/α-hetero) is 1. The predicted octanol–water partition coefficient (Wildman–Crippen LogP) is 1.70. The molecule has 6 heteroatoms. The molecule has 7 fully saturated rings. The van der Waals surface area contributed by atoms with Crippen molar-refractivity contribution < 1.29 is 19.4 Å². The topological polar surface area (TPSA) is 70.1 Å². The molecular weight excluding hydrogens is 356 g/mol. The van der Waals surface area contributed by atoms with Crippen LogP contribution in [0.5, 0.6) is 0 Å². The third kappa shape index (κ3) is 1.18. The smallest absolute Gasteiger partial charge is 0.414 e. The van der Waals surface area contributed by atoms with E-state index in [4.69, 9.17) is 4.74 Å². The first-order valence-electron chi connectivity index (χ1n) is 10.5. The fourth-order valence-corrected chi connectivity index (χ4v) is 9.20. The van der Waals surface area contributed by atoms with E-state index in [1.165, 1.54) is 7.11 Å². The molecule has 3 spiro atoms. The molecule has 28 heavy (non-hydrogen) atoms. The number of nitrogens with zero attached hydrogens (tertiary/aromatic N) is 2. The van der Waals surface area contributed by atoms with E-state index >= 15 is 0 Å². The summed E-state index contributed by atoms with van der Waals surface area (Å²) in [5.74, 6) is -0.261. The number of carbonyl (C=O) groups is 2. The monoisotopic (exact) mass is 380 g/mol. The number of hydrogen-bond donors (Lipinski definition) is 1. The first-order chi connectivity index (χ1) is 13.6. The van der Waals surface area contributed by atoms with Gasteiger partial charge in [-0.3, -0.25) is 14.6 Å². The molecule has 2 saturated heterocycles. The van der Waals surface area contributed by atoms with Crippen LogP contribution in [0.2, 0.25) is 0 Å². The average molecular weight is 380 g/mol. The predicted molar refractivity (Wildman–Crippen MR) is 100.0 cm³/mol. The van der Waals surface area contributed by atoms with E-state index < -0.39 is 23.2 Å². The number of hydrogen-bond acceptors (Lipinski definition) is 5. The van der Waals surface area contributed by atoms with E-state index in [1.54, 1.807) is 4.90 Å². The molecule has 0 unspecified atom stereocenters. The van der Waals surface area contributed by atoms with Gasteiger partial charge in [-0.25, -0.2) is 4.79 Å². The van der Waals surface area contributed by atoms with Gasteiger partial charge in [0.05, 0.1) is 35.8 Å². The zero-order valence-corrected chi connectivity index (χ0v) is 15.9. The van der Waals surface area contributed by atoms with Gasteiger partial charge in [0.1, 0.15) is 5.78 Å². The second-order valence-corrected chi connectivity index (χ2v) is 9.73. The molecule has 9 rings (SSSR count). The van der Waals surface area contributed by atoms with E-state index in [0.717, 1.165) is 50.0 Å². The van der Waals surface area contributed by atoms with Crippen LogP contribution >= 0.6 is 0 Å². The molecule has 1 amide bonds. The van der Waals surface area contributed by atoms with Gasteiger partial charge in [-0.2, -0.15) is 0 Å². The number of carbonyl (C=O) groups excluding carboxylic acids is 2. The van der Waals surface area contributed by atoms with Gasteiger partial charge >= 0.3 is 6.09 Å². The van der Waals surface area contributed by atoms with Crippen molar-refractivity contribution in [3.63, 3.8) is 0 Å².